The third-order valence-electron chi connectivity index (χ3n) is 3.20. The first kappa shape index (κ1) is 12.0. The van der Waals surface area contributed by atoms with E-state index in [1.165, 1.54) is 5.56 Å². The molecule has 2 heterocycles. The van der Waals surface area contributed by atoms with Gasteiger partial charge in [-0.2, -0.15) is 0 Å². The molecule has 4 nitrogen and oxygen atoms in total. The van der Waals surface area contributed by atoms with Crippen molar-refractivity contribution in [2.75, 3.05) is 11.4 Å². The van der Waals surface area contributed by atoms with Crippen LogP contribution in [0.1, 0.15) is 16.1 Å². The van der Waals surface area contributed by atoms with E-state index in [4.69, 9.17) is 16.7 Å². The number of aromatic carboxylic acids is 1. The van der Waals surface area contributed by atoms with Gasteiger partial charge in [0, 0.05) is 12.2 Å². The van der Waals surface area contributed by atoms with Crippen LogP contribution in [0.5, 0.6) is 0 Å². The van der Waals surface area contributed by atoms with E-state index in [2.05, 4.69) is 11.1 Å². The van der Waals surface area contributed by atoms with Crippen molar-refractivity contribution in [3.05, 3.63) is 52.7 Å². The molecular weight excluding hydrogens is 264 g/mol. The summed E-state index contributed by atoms with van der Waals surface area (Å²) in [6.45, 7) is 0.799. The molecule has 0 bridgehead atoms. The Bertz CT molecular complexity index is 658. The molecule has 96 valence electrons. The molecule has 0 saturated heterocycles. The summed E-state index contributed by atoms with van der Waals surface area (Å²) >= 11 is 5.84. The van der Waals surface area contributed by atoms with E-state index in [0.29, 0.717) is 5.82 Å². The third kappa shape index (κ3) is 2.04. The number of hydrogen-bond acceptors (Lipinski definition) is 3. The van der Waals surface area contributed by atoms with Gasteiger partial charge in [0.15, 0.2) is 5.69 Å². The Labute approximate surface area is 115 Å². The van der Waals surface area contributed by atoms with Crippen molar-refractivity contribution in [2.24, 2.45) is 0 Å². The smallest absolute Gasteiger partial charge is 0.356 e. The Morgan fingerprint density at radius 1 is 1.26 bits per heavy atom. The summed E-state index contributed by atoms with van der Waals surface area (Å²) in [5.74, 6) is -0.494. The zero-order valence-electron chi connectivity index (χ0n) is 10.0. The van der Waals surface area contributed by atoms with Gasteiger partial charge >= 0.3 is 5.97 Å². The van der Waals surface area contributed by atoms with Crippen LogP contribution in [0.3, 0.4) is 0 Å². The molecule has 0 atom stereocenters. The van der Waals surface area contributed by atoms with Gasteiger partial charge in [0.1, 0.15) is 5.82 Å². The lowest BCUT2D eigenvalue weighted by Crippen LogP contribution is -2.16. The second kappa shape index (κ2) is 4.55. The predicted octanol–water partition coefficient (Wildman–Crippen LogP) is 3.13. The maximum Gasteiger partial charge on any atom is 0.356 e. The molecule has 1 aromatic carbocycles. The van der Waals surface area contributed by atoms with Gasteiger partial charge in [0.05, 0.1) is 5.02 Å². The fraction of sp³-hybridized carbons (Fsp3) is 0.143. The molecule has 1 aliphatic rings. The summed E-state index contributed by atoms with van der Waals surface area (Å²) in [6.07, 6.45) is 0.933. The highest BCUT2D eigenvalue weighted by molar-refractivity contribution is 6.33. The zero-order valence-corrected chi connectivity index (χ0v) is 10.8. The van der Waals surface area contributed by atoms with Crippen molar-refractivity contribution in [1.82, 2.24) is 4.98 Å². The molecule has 0 fully saturated rings. The molecule has 5 heteroatoms. The molecular formula is C14H11ClN2O2. The number of carbonyl (C=O) groups is 1. The Morgan fingerprint density at radius 2 is 2.05 bits per heavy atom. The van der Waals surface area contributed by atoms with E-state index in [-0.39, 0.29) is 10.7 Å². The van der Waals surface area contributed by atoms with Gasteiger partial charge in [-0.25, -0.2) is 9.78 Å². The molecule has 0 spiro atoms. The molecule has 19 heavy (non-hydrogen) atoms. The number of anilines is 2. The molecule has 0 aliphatic carbocycles. The van der Waals surface area contributed by atoms with E-state index in [1.807, 2.05) is 23.1 Å². The minimum atomic E-state index is -1.11. The van der Waals surface area contributed by atoms with Crippen LogP contribution in [-0.2, 0) is 6.42 Å². The second-order valence-corrected chi connectivity index (χ2v) is 4.74. The van der Waals surface area contributed by atoms with Crippen LogP contribution in [0.2, 0.25) is 5.02 Å². The van der Waals surface area contributed by atoms with Crippen molar-refractivity contribution in [3.63, 3.8) is 0 Å². The fourth-order valence-electron chi connectivity index (χ4n) is 2.31. The maximum atomic E-state index is 11.1. The number of halogens is 1. The lowest BCUT2D eigenvalue weighted by atomic mass is 10.2. The number of para-hydroxylation sites is 1. The van der Waals surface area contributed by atoms with Crippen LogP contribution in [-0.4, -0.2) is 22.6 Å². The zero-order chi connectivity index (χ0) is 13.4. The number of benzene rings is 1. The Balaban J connectivity index is 2.05. The van der Waals surface area contributed by atoms with E-state index >= 15 is 0 Å². The van der Waals surface area contributed by atoms with Gasteiger partial charge < -0.3 is 10.0 Å². The molecule has 0 amide bonds. The minimum Gasteiger partial charge on any atom is -0.476 e. The first-order valence-corrected chi connectivity index (χ1v) is 6.30. The Morgan fingerprint density at radius 3 is 2.84 bits per heavy atom. The molecule has 3 rings (SSSR count). The minimum absolute atomic E-state index is 0.108. The monoisotopic (exact) mass is 274 g/mol. The molecule has 2 aromatic rings. The Kier molecular flexibility index (Phi) is 2.87. The number of carboxylic acids is 1. The van der Waals surface area contributed by atoms with Gasteiger partial charge in [-0.1, -0.05) is 29.8 Å². The summed E-state index contributed by atoms with van der Waals surface area (Å²) in [5, 5.41) is 9.22. The molecule has 1 N–H and O–H groups in total. The summed E-state index contributed by atoms with van der Waals surface area (Å²) < 4.78 is 0. The van der Waals surface area contributed by atoms with Gasteiger partial charge in [-0.05, 0) is 30.2 Å². The van der Waals surface area contributed by atoms with Gasteiger partial charge in [0.2, 0.25) is 0 Å². The molecule has 1 aliphatic heterocycles. The van der Waals surface area contributed by atoms with Crippen LogP contribution in [0, 0.1) is 0 Å². The average Bonchev–Trinajstić information content (AvgIpc) is 2.83. The molecule has 0 radical (unpaired) electrons. The fourth-order valence-corrected chi connectivity index (χ4v) is 2.49. The van der Waals surface area contributed by atoms with E-state index < -0.39 is 5.97 Å². The number of rotatable bonds is 2. The van der Waals surface area contributed by atoms with Crippen LogP contribution < -0.4 is 4.90 Å². The van der Waals surface area contributed by atoms with Gasteiger partial charge in [-0.15, -0.1) is 0 Å². The highest BCUT2D eigenvalue weighted by Gasteiger charge is 2.22. The van der Waals surface area contributed by atoms with Crippen molar-refractivity contribution in [2.45, 2.75) is 6.42 Å². The summed E-state index contributed by atoms with van der Waals surface area (Å²) in [7, 11) is 0. The van der Waals surface area contributed by atoms with Crippen molar-refractivity contribution in [3.8, 4) is 0 Å². The quantitative estimate of drug-likeness (QED) is 0.914. The van der Waals surface area contributed by atoms with E-state index in [0.717, 1.165) is 18.7 Å². The third-order valence-corrected chi connectivity index (χ3v) is 3.50. The van der Waals surface area contributed by atoms with Crippen molar-refractivity contribution < 1.29 is 9.90 Å². The van der Waals surface area contributed by atoms with Crippen LogP contribution in [0.15, 0.2) is 36.4 Å². The first-order valence-electron chi connectivity index (χ1n) is 5.92. The summed E-state index contributed by atoms with van der Waals surface area (Å²) in [5.41, 5.74) is 2.22. The lowest BCUT2D eigenvalue weighted by Gasteiger charge is -2.18. The number of fused-ring (bicyclic) bond motifs is 1. The largest absolute Gasteiger partial charge is 0.476 e. The number of nitrogens with zero attached hydrogens (tertiary/aromatic N) is 2. The average molecular weight is 275 g/mol. The number of carboxylic acid groups (broad SMARTS) is 1. The summed E-state index contributed by atoms with van der Waals surface area (Å²) in [6, 6.07) is 11.4. The van der Waals surface area contributed by atoms with Crippen LogP contribution in [0.4, 0.5) is 11.5 Å². The maximum absolute atomic E-state index is 11.1. The van der Waals surface area contributed by atoms with E-state index in [9.17, 15) is 4.79 Å². The van der Waals surface area contributed by atoms with Crippen LogP contribution >= 0.6 is 11.6 Å². The standard InChI is InChI=1S/C14H11ClN2O2/c15-10-5-6-12(16-13(10)14(18)19)17-8-7-9-3-1-2-4-11(9)17/h1-6H,7-8H2,(H,18,19). The normalized spacial score (nSPS) is 13.4. The highest BCUT2D eigenvalue weighted by Crippen LogP contribution is 2.33. The van der Waals surface area contributed by atoms with Gasteiger partial charge in [0.25, 0.3) is 0 Å². The topological polar surface area (TPSA) is 53.4 Å². The predicted molar refractivity (Wildman–Crippen MR) is 73.4 cm³/mol. The van der Waals surface area contributed by atoms with Gasteiger partial charge in [-0.3, -0.25) is 0 Å². The summed E-state index contributed by atoms with van der Waals surface area (Å²) in [4.78, 5) is 17.2. The van der Waals surface area contributed by atoms with Crippen molar-refractivity contribution >= 4 is 29.1 Å². The number of pyridine rings is 1. The van der Waals surface area contributed by atoms with Crippen molar-refractivity contribution in [1.29, 1.82) is 0 Å². The number of hydrogen-bond donors (Lipinski definition) is 1. The van der Waals surface area contributed by atoms with E-state index in [1.54, 1.807) is 12.1 Å². The molecule has 1 aromatic heterocycles. The molecule has 0 saturated carbocycles. The second-order valence-electron chi connectivity index (χ2n) is 4.34. The first-order chi connectivity index (χ1) is 9.16. The SMILES string of the molecule is O=C(O)c1nc(N2CCc3ccccc32)ccc1Cl. The molecule has 0 unspecified atom stereocenters. The van der Waals surface area contributed by atoms with Crippen LogP contribution in [0.25, 0.3) is 0 Å². The lowest BCUT2D eigenvalue weighted by molar-refractivity contribution is 0.0691. The highest BCUT2D eigenvalue weighted by atomic mass is 35.5. The Hall–Kier alpha value is -2.07. The number of aromatic nitrogens is 1.